The van der Waals surface area contributed by atoms with E-state index in [1.165, 1.54) is 0 Å². The number of benzene rings is 1. The Hall–Kier alpha value is -1.55. The van der Waals surface area contributed by atoms with Crippen LogP contribution in [0.25, 0.3) is 10.1 Å². The van der Waals surface area contributed by atoms with Gasteiger partial charge in [0.1, 0.15) is 5.69 Å². The van der Waals surface area contributed by atoms with Crippen molar-refractivity contribution in [1.82, 2.24) is 0 Å². The smallest absolute Gasteiger partial charge is 0.257 e. The lowest BCUT2D eigenvalue weighted by atomic mass is 10.2. The van der Waals surface area contributed by atoms with Gasteiger partial charge in [0.05, 0.1) is 5.69 Å². The van der Waals surface area contributed by atoms with Crippen LogP contribution in [0.15, 0.2) is 29.1 Å². The normalized spacial score (nSPS) is 10.5. The Kier molecular flexibility index (Phi) is 1.70. The number of rotatable bonds is 0. The molecule has 0 radical (unpaired) electrons. The van der Waals surface area contributed by atoms with Gasteiger partial charge in [-0.1, -0.05) is 29.5 Å². The molecule has 0 saturated carbocycles. The Morgan fingerprint density at radius 1 is 1.08 bits per heavy atom. The number of hydrogen-bond acceptors (Lipinski definition) is 4. The molecule has 0 saturated heterocycles. The van der Waals surface area contributed by atoms with E-state index in [-0.39, 0.29) is 10.4 Å². The monoisotopic (exact) mass is 192 g/mol. The van der Waals surface area contributed by atoms with Crippen LogP contribution >= 0.6 is 11.3 Å². The lowest BCUT2D eigenvalue weighted by Gasteiger charge is -2.02. The van der Waals surface area contributed by atoms with Gasteiger partial charge in [0, 0.05) is 10.1 Å². The maximum absolute atomic E-state index is 11.3. The minimum atomic E-state index is -0.170. The molecule has 13 heavy (non-hydrogen) atoms. The summed E-state index contributed by atoms with van der Waals surface area (Å²) in [5.74, 6) is 0. The molecule has 0 unspecified atom stereocenters. The molecule has 0 spiro atoms. The van der Waals surface area contributed by atoms with Gasteiger partial charge in [0.2, 0.25) is 0 Å². The highest BCUT2D eigenvalue weighted by atomic mass is 32.1. The molecule has 1 aromatic carbocycles. The molecule has 2 rings (SSSR count). The molecule has 1 aromatic heterocycles. The van der Waals surface area contributed by atoms with Crippen molar-refractivity contribution >= 4 is 32.8 Å². The van der Waals surface area contributed by atoms with Gasteiger partial charge >= 0.3 is 0 Å². The topological polar surface area (TPSA) is 69.1 Å². The number of nitrogen functional groups attached to an aromatic ring is 2. The van der Waals surface area contributed by atoms with Crippen molar-refractivity contribution in [3.8, 4) is 0 Å². The van der Waals surface area contributed by atoms with Crippen LogP contribution < -0.4 is 16.2 Å². The summed E-state index contributed by atoms with van der Waals surface area (Å²) >= 11 is 1.12. The summed E-state index contributed by atoms with van der Waals surface area (Å²) in [6, 6.07) is 7.46. The van der Waals surface area contributed by atoms with Crippen LogP contribution in [-0.2, 0) is 0 Å². The van der Waals surface area contributed by atoms with Crippen LogP contribution in [0.3, 0.4) is 0 Å². The lowest BCUT2D eigenvalue weighted by molar-refractivity contribution is 1.72. The van der Waals surface area contributed by atoms with Crippen molar-refractivity contribution in [3.63, 3.8) is 0 Å². The first kappa shape index (κ1) is 8.07. The zero-order valence-electron chi connectivity index (χ0n) is 6.78. The van der Waals surface area contributed by atoms with Gasteiger partial charge in [-0.2, -0.15) is 0 Å². The fourth-order valence-electron chi connectivity index (χ4n) is 1.19. The van der Waals surface area contributed by atoms with E-state index < -0.39 is 0 Å². The molecular weight excluding hydrogens is 184 g/mol. The second-order valence-corrected chi connectivity index (χ2v) is 3.73. The Bertz CT molecular complexity index is 518. The minimum absolute atomic E-state index is 0.156. The molecule has 66 valence electrons. The molecule has 0 aliphatic rings. The molecule has 0 bridgehead atoms. The second-order valence-electron chi connectivity index (χ2n) is 2.71. The van der Waals surface area contributed by atoms with E-state index in [1.54, 1.807) is 0 Å². The third-order valence-electron chi connectivity index (χ3n) is 1.89. The molecular formula is C9H8N2OS. The summed E-state index contributed by atoms with van der Waals surface area (Å²) in [6.07, 6.45) is 0. The van der Waals surface area contributed by atoms with Crippen molar-refractivity contribution in [2.45, 2.75) is 0 Å². The highest BCUT2D eigenvalue weighted by Gasteiger charge is 2.05. The number of anilines is 2. The van der Waals surface area contributed by atoms with Crippen LogP contribution in [0.1, 0.15) is 0 Å². The summed E-state index contributed by atoms with van der Waals surface area (Å²) in [7, 11) is 0. The summed E-state index contributed by atoms with van der Waals surface area (Å²) in [6.45, 7) is 0. The third kappa shape index (κ3) is 1.15. The van der Waals surface area contributed by atoms with E-state index in [2.05, 4.69) is 0 Å². The summed E-state index contributed by atoms with van der Waals surface area (Å²) in [4.78, 5) is 11.3. The zero-order chi connectivity index (χ0) is 9.42. The van der Waals surface area contributed by atoms with Crippen LogP contribution in [0.2, 0.25) is 0 Å². The largest absolute Gasteiger partial charge is 0.396 e. The first-order valence-electron chi connectivity index (χ1n) is 3.77. The maximum atomic E-state index is 11.3. The average molecular weight is 192 g/mol. The van der Waals surface area contributed by atoms with Gasteiger partial charge in [-0.05, 0) is 6.07 Å². The Balaban J connectivity index is 3.02. The van der Waals surface area contributed by atoms with Gasteiger partial charge in [-0.3, -0.25) is 4.79 Å². The molecule has 3 nitrogen and oxygen atoms in total. The van der Waals surface area contributed by atoms with Gasteiger partial charge in [0.25, 0.3) is 4.74 Å². The first-order chi connectivity index (χ1) is 6.20. The third-order valence-corrected chi connectivity index (χ3v) is 2.87. The summed E-state index contributed by atoms with van der Waals surface area (Å²) in [5.41, 5.74) is 11.8. The molecule has 0 atom stereocenters. The van der Waals surface area contributed by atoms with Crippen molar-refractivity contribution in [2.75, 3.05) is 11.5 Å². The highest BCUT2D eigenvalue weighted by Crippen LogP contribution is 2.25. The van der Waals surface area contributed by atoms with E-state index in [4.69, 9.17) is 11.5 Å². The van der Waals surface area contributed by atoms with Crippen LogP contribution in [-0.4, -0.2) is 0 Å². The number of hydrogen-bond donors (Lipinski definition) is 2. The van der Waals surface area contributed by atoms with Crippen molar-refractivity contribution in [3.05, 3.63) is 33.8 Å². The fraction of sp³-hybridized carbons (Fsp3) is 0. The van der Waals surface area contributed by atoms with Gasteiger partial charge in [-0.25, -0.2) is 0 Å². The maximum Gasteiger partial charge on any atom is 0.257 e. The fourth-order valence-corrected chi connectivity index (χ4v) is 2.04. The van der Waals surface area contributed by atoms with Crippen LogP contribution in [0, 0.1) is 0 Å². The molecule has 4 heteroatoms. The second kappa shape index (κ2) is 2.74. The Morgan fingerprint density at radius 2 is 1.77 bits per heavy atom. The van der Waals surface area contributed by atoms with Gasteiger partial charge in [-0.15, -0.1) is 0 Å². The molecule has 2 aromatic rings. The van der Waals surface area contributed by atoms with Crippen LogP contribution in [0.4, 0.5) is 11.4 Å². The summed E-state index contributed by atoms with van der Waals surface area (Å²) < 4.78 is 0.704. The van der Waals surface area contributed by atoms with Crippen molar-refractivity contribution in [2.24, 2.45) is 0 Å². The predicted molar refractivity (Wildman–Crippen MR) is 56.9 cm³/mol. The van der Waals surface area contributed by atoms with E-state index in [0.29, 0.717) is 5.69 Å². The van der Waals surface area contributed by atoms with E-state index >= 15 is 0 Å². The summed E-state index contributed by atoms with van der Waals surface area (Å²) in [5, 5.41) is 0.851. The SMILES string of the molecule is Nc1c(N)c2ccccc2sc1=O. The zero-order valence-corrected chi connectivity index (χ0v) is 7.60. The molecule has 1 heterocycles. The quantitative estimate of drug-likeness (QED) is 0.663. The molecule has 4 N–H and O–H groups in total. The van der Waals surface area contributed by atoms with E-state index in [1.807, 2.05) is 24.3 Å². The molecule has 0 fully saturated rings. The Labute approximate surface area is 78.6 Å². The number of nitrogens with two attached hydrogens (primary N) is 2. The van der Waals surface area contributed by atoms with Gasteiger partial charge in [0.15, 0.2) is 0 Å². The molecule has 0 amide bonds. The minimum Gasteiger partial charge on any atom is -0.396 e. The first-order valence-corrected chi connectivity index (χ1v) is 4.58. The lowest BCUT2D eigenvalue weighted by Crippen LogP contribution is -2.07. The highest BCUT2D eigenvalue weighted by molar-refractivity contribution is 7.16. The number of fused-ring (bicyclic) bond motifs is 1. The van der Waals surface area contributed by atoms with Crippen LogP contribution in [0.5, 0.6) is 0 Å². The molecule has 0 aliphatic carbocycles. The predicted octanol–water partition coefficient (Wildman–Crippen LogP) is 1.43. The van der Waals surface area contributed by atoms with Crippen molar-refractivity contribution < 1.29 is 0 Å². The standard InChI is InChI=1S/C9H8N2OS/c10-7-5-3-1-2-4-6(5)13-9(12)8(7)11/h1-4H,10-11H2. The van der Waals surface area contributed by atoms with Crippen molar-refractivity contribution in [1.29, 1.82) is 0 Å². The van der Waals surface area contributed by atoms with E-state index in [9.17, 15) is 4.79 Å². The average Bonchev–Trinajstić information content (AvgIpc) is 2.15. The van der Waals surface area contributed by atoms with E-state index in [0.717, 1.165) is 21.4 Å². The molecule has 0 aliphatic heterocycles. The van der Waals surface area contributed by atoms with Gasteiger partial charge < -0.3 is 11.5 Å². The Morgan fingerprint density at radius 3 is 2.54 bits per heavy atom.